The Bertz CT molecular complexity index is 1270. The Labute approximate surface area is 189 Å². The topological polar surface area (TPSA) is 18.5 Å². The molecule has 5 rings (SSSR count). The summed E-state index contributed by atoms with van der Waals surface area (Å²) >= 11 is 1.91. The zero-order chi connectivity index (χ0) is 22.0. The van der Waals surface area contributed by atoms with E-state index in [1.165, 1.54) is 36.9 Å². The summed E-state index contributed by atoms with van der Waals surface area (Å²) in [6.45, 7) is 13.0. The van der Waals surface area contributed by atoms with Crippen LogP contribution in [0, 0.1) is 0 Å². The Balaban J connectivity index is 1.78. The summed E-state index contributed by atoms with van der Waals surface area (Å²) in [5.41, 5.74) is 2.98. The maximum Gasteiger partial charge on any atom is 0.494 e. The molecule has 0 atom stereocenters. The molecule has 3 aromatic carbocycles. The molecule has 0 N–H and O–H groups in total. The lowest BCUT2D eigenvalue weighted by Crippen LogP contribution is -2.41. The van der Waals surface area contributed by atoms with Crippen LogP contribution in [0.4, 0.5) is 0 Å². The van der Waals surface area contributed by atoms with E-state index in [0.29, 0.717) is 5.92 Å². The van der Waals surface area contributed by atoms with Gasteiger partial charge in [0.2, 0.25) is 0 Å². The minimum Gasteiger partial charge on any atom is -0.399 e. The van der Waals surface area contributed by atoms with Gasteiger partial charge in [0.05, 0.1) is 11.2 Å². The molecule has 0 spiro atoms. The van der Waals surface area contributed by atoms with Crippen molar-refractivity contribution < 1.29 is 9.31 Å². The van der Waals surface area contributed by atoms with Crippen molar-refractivity contribution in [3.05, 3.63) is 65.5 Å². The van der Waals surface area contributed by atoms with Crippen LogP contribution in [0.2, 0.25) is 0 Å². The Hall–Kier alpha value is -2.14. The van der Waals surface area contributed by atoms with Gasteiger partial charge in [-0.05, 0) is 61.5 Å². The second kappa shape index (κ2) is 7.20. The molecular weight excluding hydrogens is 399 g/mol. The minimum atomic E-state index is -0.374. The van der Waals surface area contributed by atoms with E-state index in [9.17, 15) is 0 Å². The van der Waals surface area contributed by atoms with Crippen LogP contribution in [0.1, 0.15) is 52.3 Å². The van der Waals surface area contributed by atoms with Crippen molar-refractivity contribution >= 4 is 44.8 Å². The lowest BCUT2D eigenvalue weighted by molar-refractivity contribution is 0.00578. The first kappa shape index (κ1) is 20.8. The molecule has 0 amide bonds. The van der Waals surface area contributed by atoms with Gasteiger partial charge in [-0.25, -0.2) is 0 Å². The summed E-state index contributed by atoms with van der Waals surface area (Å²) in [4.78, 5) is 1.43. The predicted octanol–water partition coefficient (Wildman–Crippen LogP) is 7.14. The molecule has 0 bridgehead atoms. The Morgan fingerprint density at radius 2 is 1.42 bits per heavy atom. The van der Waals surface area contributed by atoms with Crippen molar-refractivity contribution in [1.82, 2.24) is 0 Å². The third-order valence-electron chi connectivity index (χ3n) is 6.83. The average Bonchev–Trinajstić information content (AvgIpc) is 3.21. The molecule has 0 unspecified atom stereocenters. The van der Waals surface area contributed by atoms with E-state index in [2.05, 4.69) is 102 Å². The van der Waals surface area contributed by atoms with Gasteiger partial charge in [0.25, 0.3) is 0 Å². The van der Waals surface area contributed by atoms with Gasteiger partial charge in [-0.1, -0.05) is 68.4 Å². The standard InChI is InChI=1S/C27H29BO2S/c1-17(2)25-24(21-13-9-10-14-23(21)31-25)22-16-19(15-18-11-7-8-12-20(18)22)28-29-26(3,4)27(5,6)30-28/h7-17H,1-6H3. The van der Waals surface area contributed by atoms with Crippen molar-refractivity contribution in [2.45, 2.75) is 58.7 Å². The summed E-state index contributed by atoms with van der Waals surface area (Å²) in [5, 5.41) is 3.82. The fraction of sp³-hybridized carbons (Fsp3) is 0.333. The molecule has 158 valence electrons. The first-order chi connectivity index (χ1) is 14.7. The number of hydrogen-bond acceptors (Lipinski definition) is 3. The summed E-state index contributed by atoms with van der Waals surface area (Å²) in [6.07, 6.45) is 0. The van der Waals surface area contributed by atoms with Crippen LogP contribution in [-0.2, 0) is 9.31 Å². The van der Waals surface area contributed by atoms with E-state index >= 15 is 0 Å². The van der Waals surface area contributed by atoms with Crippen molar-refractivity contribution in [2.24, 2.45) is 0 Å². The van der Waals surface area contributed by atoms with Gasteiger partial charge >= 0.3 is 7.12 Å². The van der Waals surface area contributed by atoms with Crippen LogP contribution in [0.3, 0.4) is 0 Å². The summed E-state index contributed by atoms with van der Waals surface area (Å²) < 4.78 is 14.2. The van der Waals surface area contributed by atoms with Crippen LogP contribution in [0.15, 0.2) is 60.7 Å². The molecule has 1 fully saturated rings. The van der Waals surface area contributed by atoms with Crippen molar-refractivity contribution in [3.8, 4) is 11.1 Å². The number of thiophene rings is 1. The molecule has 1 aromatic heterocycles. The highest BCUT2D eigenvalue weighted by Gasteiger charge is 2.51. The van der Waals surface area contributed by atoms with Gasteiger partial charge in [0.1, 0.15) is 0 Å². The molecule has 1 saturated heterocycles. The van der Waals surface area contributed by atoms with Crippen LogP contribution in [0.5, 0.6) is 0 Å². The molecule has 31 heavy (non-hydrogen) atoms. The first-order valence-corrected chi connectivity index (χ1v) is 11.9. The van der Waals surface area contributed by atoms with Crippen LogP contribution < -0.4 is 5.46 Å². The third-order valence-corrected chi connectivity index (χ3v) is 8.30. The van der Waals surface area contributed by atoms with Gasteiger partial charge in [0.15, 0.2) is 0 Å². The predicted molar refractivity (Wildman–Crippen MR) is 135 cm³/mol. The molecule has 0 saturated carbocycles. The van der Waals surface area contributed by atoms with Gasteiger partial charge in [-0.15, -0.1) is 11.3 Å². The molecular formula is C27H29BO2S. The third kappa shape index (κ3) is 3.33. The quantitative estimate of drug-likeness (QED) is 0.323. The highest BCUT2D eigenvalue weighted by Crippen LogP contribution is 2.45. The monoisotopic (exact) mass is 428 g/mol. The van der Waals surface area contributed by atoms with E-state index in [-0.39, 0.29) is 18.3 Å². The number of hydrogen-bond donors (Lipinski definition) is 0. The van der Waals surface area contributed by atoms with E-state index in [1.54, 1.807) is 0 Å². The number of fused-ring (bicyclic) bond motifs is 2. The highest BCUT2D eigenvalue weighted by molar-refractivity contribution is 7.19. The molecule has 4 aromatic rings. The molecule has 0 radical (unpaired) electrons. The molecule has 1 aliphatic heterocycles. The smallest absolute Gasteiger partial charge is 0.399 e. The van der Waals surface area contributed by atoms with E-state index in [4.69, 9.17) is 9.31 Å². The molecule has 4 heteroatoms. The lowest BCUT2D eigenvalue weighted by Gasteiger charge is -2.32. The fourth-order valence-electron chi connectivity index (χ4n) is 4.40. The second-order valence-corrected chi connectivity index (χ2v) is 11.0. The van der Waals surface area contributed by atoms with Crippen molar-refractivity contribution in [3.63, 3.8) is 0 Å². The van der Waals surface area contributed by atoms with Crippen LogP contribution in [0.25, 0.3) is 32.0 Å². The van der Waals surface area contributed by atoms with E-state index in [1.807, 2.05) is 11.3 Å². The summed E-state index contributed by atoms with van der Waals surface area (Å²) in [5.74, 6) is 0.451. The maximum absolute atomic E-state index is 6.42. The van der Waals surface area contributed by atoms with Gasteiger partial charge in [-0.2, -0.15) is 0 Å². The molecule has 2 nitrogen and oxygen atoms in total. The van der Waals surface area contributed by atoms with E-state index in [0.717, 1.165) is 5.46 Å². The normalized spacial score (nSPS) is 17.8. The van der Waals surface area contributed by atoms with E-state index < -0.39 is 0 Å². The van der Waals surface area contributed by atoms with Gasteiger partial charge in [-0.3, -0.25) is 0 Å². The number of benzene rings is 3. The molecule has 0 aliphatic carbocycles. The van der Waals surface area contributed by atoms with Crippen LogP contribution >= 0.6 is 11.3 Å². The Morgan fingerprint density at radius 1 is 0.806 bits per heavy atom. The maximum atomic E-state index is 6.42. The minimum absolute atomic E-state index is 0.359. The summed E-state index contributed by atoms with van der Waals surface area (Å²) in [6, 6.07) is 21.9. The SMILES string of the molecule is CC(C)c1sc2ccccc2c1-c1cc(B2OC(C)(C)C(C)(C)O2)cc2ccccc12. The van der Waals surface area contributed by atoms with Crippen LogP contribution in [-0.4, -0.2) is 18.3 Å². The zero-order valence-corrected chi connectivity index (χ0v) is 20.0. The molecule has 1 aliphatic rings. The van der Waals surface area contributed by atoms with Crippen molar-refractivity contribution in [1.29, 1.82) is 0 Å². The second-order valence-electron chi connectivity index (χ2n) is 9.87. The lowest BCUT2D eigenvalue weighted by atomic mass is 9.76. The Kier molecular flexibility index (Phi) is 4.82. The average molecular weight is 428 g/mol. The molecule has 2 heterocycles. The number of rotatable bonds is 3. The van der Waals surface area contributed by atoms with Crippen molar-refractivity contribution in [2.75, 3.05) is 0 Å². The van der Waals surface area contributed by atoms with Gasteiger partial charge in [0, 0.05) is 20.5 Å². The largest absolute Gasteiger partial charge is 0.494 e. The zero-order valence-electron chi connectivity index (χ0n) is 19.2. The van der Waals surface area contributed by atoms with Gasteiger partial charge < -0.3 is 9.31 Å². The summed E-state index contributed by atoms with van der Waals surface area (Å²) in [7, 11) is -0.374. The highest BCUT2D eigenvalue weighted by atomic mass is 32.1. The fourth-order valence-corrected chi connectivity index (χ4v) is 5.63. The Morgan fingerprint density at radius 3 is 2.10 bits per heavy atom. The first-order valence-electron chi connectivity index (χ1n) is 11.1.